The predicted molar refractivity (Wildman–Crippen MR) is 69.7 cm³/mol. The van der Waals surface area contributed by atoms with Gasteiger partial charge in [0.2, 0.25) is 10.0 Å². The van der Waals surface area contributed by atoms with Crippen LogP contribution < -0.4 is 9.46 Å². The molecule has 7 heteroatoms. The summed E-state index contributed by atoms with van der Waals surface area (Å²) in [6, 6.07) is 5.85. The SMILES string of the molecule is CCCCOc1ccc(S(=O)(=O)NCC(=O)O)cc1. The number of aliphatic carboxylic acids is 1. The van der Waals surface area contributed by atoms with Gasteiger partial charge in [0.15, 0.2) is 0 Å². The Labute approximate surface area is 112 Å². The lowest BCUT2D eigenvalue weighted by atomic mass is 10.3. The number of sulfonamides is 1. The third kappa shape index (κ3) is 5.27. The number of unbranched alkanes of at least 4 members (excludes halogenated alkanes) is 1. The number of carboxylic acids is 1. The van der Waals surface area contributed by atoms with Crippen molar-refractivity contribution in [1.82, 2.24) is 4.72 Å². The molecule has 2 N–H and O–H groups in total. The Bertz CT molecular complexity index is 509. The van der Waals surface area contributed by atoms with E-state index in [0.717, 1.165) is 12.8 Å². The summed E-state index contributed by atoms with van der Waals surface area (Å²) < 4.78 is 30.8. The number of nitrogens with one attached hydrogen (secondary N) is 1. The summed E-state index contributed by atoms with van der Waals surface area (Å²) in [4.78, 5) is 10.3. The van der Waals surface area contributed by atoms with Crippen molar-refractivity contribution in [3.05, 3.63) is 24.3 Å². The third-order valence-electron chi connectivity index (χ3n) is 2.31. The number of hydrogen-bond acceptors (Lipinski definition) is 4. The molecule has 106 valence electrons. The molecule has 0 amide bonds. The van der Waals surface area contributed by atoms with Crippen LogP contribution in [0.3, 0.4) is 0 Å². The highest BCUT2D eigenvalue weighted by atomic mass is 32.2. The van der Waals surface area contributed by atoms with Gasteiger partial charge in [0.1, 0.15) is 12.3 Å². The number of rotatable bonds is 8. The van der Waals surface area contributed by atoms with Gasteiger partial charge >= 0.3 is 5.97 Å². The summed E-state index contributed by atoms with van der Waals surface area (Å²) in [7, 11) is -3.78. The summed E-state index contributed by atoms with van der Waals surface area (Å²) in [5, 5.41) is 8.44. The standard InChI is InChI=1S/C12H17NO5S/c1-2-3-8-18-10-4-6-11(7-5-10)19(16,17)13-9-12(14)15/h4-7,13H,2-3,8-9H2,1H3,(H,14,15). The molecule has 0 spiro atoms. The normalized spacial score (nSPS) is 11.2. The number of carboxylic acid groups (broad SMARTS) is 1. The van der Waals surface area contributed by atoms with E-state index in [2.05, 4.69) is 0 Å². The molecule has 0 bridgehead atoms. The smallest absolute Gasteiger partial charge is 0.318 e. The summed E-state index contributed by atoms with van der Waals surface area (Å²) in [6.45, 7) is 1.99. The van der Waals surface area contributed by atoms with E-state index in [9.17, 15) is 13.2 Å². The second-order valence-electron chi connectivity index (χ2n) is 3.89. The van der Waals surface area contributed by atoms with Crippen molar-refractivity contribution in [3.8, 4) is 5.75 Å². The molecule has 0 aliphatic carbocycles. The molecule has 0 radical (unpaired) electrons. The van der Waals surface area contributed by atoms with Crippen LogP contribution in [0, 0.1) is 0 Å². The van der Waals surface area contributed by atoms with E-state index < -0.39 is 22.5 Å². The predicted octanol–water partition coefficient (Wildman–Crippen LogP) is 1.23. The quantitative estimate of drug-likeness (QED) is 0.701. The Hall–Kier alpha value is -1.60. The zero-order valence-corrected chi connectivity index (χ0v) is 11.4. The van der Waals surface area contributed by atoms with Crippen LogP contribution in [-0.4, -0.2) is 32.6 Å². The second kappa shape index (κ2) is 7.10. The van der Waals surface area contributed by atoms with Crippen molar-refractivity contribution in [3.63, 3.8) is 0 Å². The minimum Gasteiger partial charge on any atom is -0.494 e. The van der Waals surface area contributed by atoms with E-state index in [0.29, 0.717) is 12.4 Å². The van der Waals surface area contributed by atoms with Crippen molar-refractivity contribution in [2.75, 3.05) is 13.2 Å². The summed E-state index contributed by atoms with van der Waals surface area (Å²) in [6.07, 6.45) is 1.95. The first-order chi connectivity index (χ1) is 8.95. The Morgan fingerprint density at radius 2 is 1.95 bits per heavy atom. The van der Waals surface area contributed by atoms with Crippen LogP contribution in [0.5, 0.6) is 5.75 Å². The highest BCUT2D eigenvalue weighted by molar-refractivity contribution is 7.89. The van der Waals surface area contributed by atoms with E-state index in [1.807, 2.05) is 11.6 Å². The van der Waals surface area contributed by atoms with Gasteiger partial charge in [0, 0.05) is 0 Å². The molecule has 1 rings (SSSR count). The molecule has 0 fully saturated rings. The number of carbonyl (C=O) groups is 1. The number of hydrogen-bond donors (Lipinski definition) is 2. The molecule has 6 nitrogen and oxygen atoms in total. The van der Waals surface area contributed by atoms with Gasteiger partial charge in [-0.3, -0.25) is 4.79 Å². The maximum Gasteiger partial charge on any atom is 0.318 e. The van der Waals surface area contributed by atoms with Crippen molar-refractivity contribution in [2.45, 2.75) is 24.7 Å². The van der Waals surface area contributed by atoms with E-state index in [1.54, 1.807) is 12.1 Å². The van der Waals surface area contributed by atoms with Gasteiger partial charge < -0.3 is 9.84 Å². The molecule has 19 heavy (non-hydrogen) atoms. The lowest BCUT2D eigenvalue weighted by Gasteiger charge is -2.07. The van der Waals surface area contributed by atoms with E-state index in [-0.39, 0.29) is 4.90 Å². The molecule has 1 aromatic rings. The van der Waals surface area contributed by atoms with Crippen molar-refractivity contribution in [2.24, 2.45) is 0 Å². The van der Waals surface area contributed by atoms with Gasteiger partial charge in [-0.15, -0.1) is 0 Å². The van der Waals surface area contributed by atoms with Crippen LogP contribution in [-0.2, 0) is 14.8 Å². The molecule has 0 aromatic heterocycles. The van der Waals surface area contributed by atoms with Gasteiger partial charge in [0.25, 0.3) is 0 Å². The van der Waals surface area contributed by atoms with Gasteiger partial charge in [-0.2, -0.15) is 4.72 Å². The van der Waals surface area contributed by atoms with Gasteiger partial charge in [-0.1, -0.05) is 13.3 Å². The topological polar surface area (TPSA) is 92.7 Å². The summed E-state index contributed by atoms with van der Waals surface area (Å²) in [5.74, 6) is -0.645. The molecule has 0 aliphatic heterocycles. The van der Waals surface area contributed by atoms with Crippen LogP contribution in [0.2, 0.25) is 0 Å². The second-order valence-corrected chi connectivity index (χ2v) is 5.66. The minimum atomic E-state index is -3.78. The van der Waals surface area contributed by atoms with Gasteiger partial charge in [0.05, 0.1) is 11.5 Å². The van der Waals surface area contributed by atoms with Crippen LogP contribution in [0.25, 0.3) is 0 Å². The molecular weight excluding hydrogens is 270 g/mol. The summed E-state index contributed by atoms with van der Waals surface area (Å²) in [5.41, 5.74) is 0. The maximum absolute atomic E-state index is 11.7. The number of benzene rings is 1. The molecule has 0 unspecified atom stereocenters. The zero-order chi connectivity index (χ0) is 14.3. The molecule has 0 aliphatic rings. The van der Waals surface area contributed by atoms with Crippen molar-refractivity contribution in [1.29, 1.82) is 0 Å². The average molecular weight is 287 g/mol. The van der Waals surface area contributed by atoms with E-state index in [1.165, 1.54) is 12.1 Å². The first-order valence-corrected chi connectivity index (χ1v) is 7.38. The fraction of sp³-hybridized carbons (Fsp3) is 0.417. The largest absolute Gasteiger partial charge is 0.494 e. The lowest BCUT2D eigenvalue weighted by Crippen LogP contribution is -2.29. The van der Waals surface area contributed by atoms with Crippen LogP contribution >= 0.6 is 0 Å². The zero-order valence-electron chi connectivity index (χ0n) is 10.6. The van der Waals surface area contributed by atoms with Crippen LogP contribution in [0.1, 0.15) is 19.8 Å². The first kappa shape index (κ1) is 15.5. The average Bonchev–Trinajstić information content (AvgIpc) is 2.37. The van der Waals surface area contributed by atoms with E-state index in [4.69, 9.17) is 9.84 Å². The van der Waals surface area contributed by atoms with Gasteiger partial charge in [-0.25, -0.2) is 8.42 Å². The fourth-order valence-corrected chi connectivity index (χ4v) is 2.26. The highest BCUT2D eigenvalue weighted by Crippen LogP contribution is 2.16. The maximum atomic E-state index is 11.7. The fourth-order valence-electron chi connectivity index (χ4n) is 1.29. The molecule has 0 atom stereocenters. The molecule has 0 saturated carbocycles. The van der Waals surface area contributed by atoms with Crippen LogP contribution in [0.4, 0.5) is 0 Å². The number of ether oxygens (including phenoxy) is 1. The lowest BCUT2D eigenvalue weighted by molar-refractivity contribution is -0.135. The Morgan fingerprint density at radius 1 is 1.32 bits per heavy atom. The summed E-state index contributed by atoms with van der Waals surface area (Å²) >= 11 is 0. The van der Waals surface area contributed by atoms with Crippen LogP contribution in [0.15, 0.2) is 29.2 Å². The highest BCUT2D eigenvalue weighted by Gasteiger charge is 2.14. The van der Waals surface area contributed by atoms with Crippen molar-refractivity contribution < 1.29 is 23.1 Å². The molecular formula is C12H17NO5S. The Balaban J connectivity index is 2.67. The molecule has 0 heterocycles. The Kier molecular flexibility index (Phi) is 5.78. The first-order valence-electron chi connectivity index (χ1n) is 5.90. The third-order valence-corrected chi connectivity index (χ3v) is 3.73. The minimum absolute atomic E-state index is 0.0107. The monoisotopic (exact) mass is 287 g/mol. The van der Waals surface area contributed by atoms with E-state index >= 15 is 0 Å². The van der Waals surface area contributed by atoms with Gasteiger partial charge in [-0.05, 0) is 30.7 Å². The molecule has 1 aromatic carbocycles. The van der Waals surface area contributed by atoms with Crippen molar-refractivity contribution >= 4 is 16.0 Å². The molecule has 0 saturated heterocycles. The Morgan fingerprint density at radius 3 is 2.47 bits per heavy atom.